The second-order valence-corrected chi connectivity index (χ2v) is 5.06. The number of ketones is 1. The third kappa shape index (κ3) is 5.10. The Bertz CT molecular complexity index is 374. The largest absolute Gasteiger partial charge is 0.294 e. The molecule has 0 aliphatic heterocycles. The molecular formula is C14H18Cl2O. The van der Waals surface area contributed by atoms with Crippen LogP contribution in [0, 0.1) is 0 Å². The summed E-state index contributed by atoms with van der Waals surface area (Å²) in [5, 5.41) is 1.05. The minimum atomic E-state index is 0.0917. The summed E-state index contributed by atoms with van der Waals surface area (Å²) >= 11 is 11.8. The topological polar surface area (TPSA) is 17.1 Å². The van der Waals surface area contributed by atoms with E-state index in [1.165, 1.54) is 19.3 Å². The van der Waals surface area contributed by atoms with Gasteiger partial charge in [0.1, 0.15) is 0 Å². The fraction of sp³-hybridized carbons (Fsp3) is 0.500. The van der Waals surface area contributed by atoms with Crippen LogP contribution in [0.3, 0.4) is 0 Å². The van der Waals surface area contributed by atoms with Gasteiger partial charge in [0.15, 0.2) is 5.78 Å². The summed E-state index contributed by atoms with van der Waals surface area (Å²) in [6.45, 7) is 2.18. The van der Waals surface area contributed by atoms with Crippen LogP contribution >= 0.6 is 23.2 Å². The normalized spacial score (nSPS) is 10.5. The van der Waals surface area contributed by atoms with Gasteiger partial charge in [-0.3, -0.25) is 4.79 Å². The van der Waals surface area contributed by atoms with Crippen LogP contribution in [-0.4, -0.2) is 5.78 Å². The van der Waals surface area contributed by atoms with Gasteiger partial charge in [0.25, 0.3) is 0 Å². The molecular weight excluding hydrogens is 255 g/mol. The Morgan fingerprint density at radius 3 is 2.53 bits per heavy atom. The molecule has 94 valence electrons. The summed E-state index contributed by atoms with van der Waals surface area (Å²) in [5.41, 5.74) is 0.551. The Morgan fingerprint density at radius 1 is 1.12 bits per heavy atom. The van der Waals surface area contributed by atoms with Gasteiger partial charge in [-0.25, -0.2) is 0 Å². The van der Waals surface area contributed by atoms with E-state index in [1.54, 1.807) is 18.2 Å². The van der Waals surface area contributed by atoms with Crippen molar-refractivity contribution in [1.82, 2.24) is 0 Å². The van der Waals surface area contributed by atoms with E-state index in [1.807, 2.05) is 0 Å². The molecule has 0 spiro atoms. The van der Waals surface area contributed by atoms with Crippen molar-refractivity contribution in [1.29, 1.82) is 0 Å². The first kappa shape index (κ1) is 14.5. The van der Waals surface area contributed by atoms with Crippen LogP contribution in [0.1, 0.15) is 55.8 Å². The zero-order valence-corrected chi connectivity index (χ0v) is 11.7. The summed E-state index contributed by atoms with van der Waals surface area (Å²) in [6.07, 6.45) is 6.26. The van der Waals surface area contributed by atoms with Crippen LogP contribution in [0.15, 0.2) is 18.2 Å². The van der Waals surface area contributed by atoms with Crippen molar-refractivity contribution in [2.24, 2.45) is 0 Å². The first-order valence-corrected chi connectivity index (χ1v) is 6.89. The highest BCUT2D eigenvalue weighted by molar-refractivity contribution is 6.35. The van der Waals surface area contributed by atoms with Crippen molar-refractivity contribution in [2.45, 2.75) is 45.4 Å². The Morgan fingerprint density at radius 2 is 1.82 bits per heavy atom. The molecule has 0 unspecified atom stereocenters. The van der Waals surface area contributed by atoms with Crippen LogP contribution in [0.2, 0.25) is 10.0 Å². The Labute approximate surface area is 113 Å². The van der Waals surface area contributed by atoms with Gasteiger partial charge in [0.2, 0.25) is 0 Å². The van der Waals surface area contributed by atoms with E-state index in [2.05, 4.69) is 6.92 Å². The quantitative estimate of drug-likeness (QED) is 0.471. The summed E-state index contributed by atoms with van der Waals surface area (Å²) < 4.78 is 0. The lowest BCUT2D eigenvalue weighted by molar-refractivity contribution is 0.0979. The molecule has 0 N–H and O–H groups in total. The van der Waals surface area contributed by atoms with Gasteiger partial charge in [-0.15, -0.1) is 0 Å². The maximum Gasteiger partial charge on any atom is 0.164 e. The summed E-state index contributed by atoms with van der Waals surface area (Å²) in [7, 11) is 0. The molecule has 0 bridgehead atoms. The highest BCUT2D eigenvalue weighted by Crippen LogP contribution is 2.22. The maximum absolute atomic E-state index is 11.9. The minimum Gasteiger partial charge on any atom is -0.294 e. The number of unbranched alkanes of at least 4 members (excludes halogenated alkanes) is 4. The number of rotatable bonds is 7. The minimum absolute atomic E-state index is 0.0917. The van der Waals surface area contributed by atoms with Gasteiger partial charge in [-0.2, -0.15) is 0 Å². The van der Waals surface area contributed by atoms with Gasteiger partial charge < -0.3 is 0 Å². The highest BCUT2D eigenvalue weighted by Gasteiger charge is 2.10. The highest BCUT2D eigenvalue weighted by atomic mass is 35.5. The molecule has 0 saturated heterocycles. The average Bonchev–Trinajstić information content (AvgIpc) is 2.32. The van der Waals surface area contributed by atoms with Gasteiger partial charge in [0.05, 0.1) is 5.02 Å². The predicted molar refractivity (Wildman–Crippen MR) is 74.2 cm³/mol. The van der Waals surface area contributed by atoms with Crippen LogP contribution in [0.5, 0.6) is 0 Å². The molecule has 1 rings (SSSR count). The fourth-order valence-corrected chi connectivity index (χ4v) is 2.13. The van der Waals surface area contributed by atoms with Gasteiger partial charge in [0, 0.05) is 17.0 Å². The summed E-state index contributed by atoms with van der Waals surface area (Å²) in [4.78, 5) is 11.9. The number of benzene rings is 1. The average molecular weight is 273 g/mol. The monoisotopic (exact) mass is 272 g/mol. The van der Waals surface area contributed by atoms with E-state index in [0.29, 0.717) is 22.0 Å². The number of carbonyl (C=O) groups excluding carboxylic acids is 1. The SMILES string of the molecule is CCCCCCCC(=O)c1cc(Cl)ccc1Cl. The number of carbonyl (C=O) groups is 1. The van der Waals surface area contributed by atoms with E-state index in [9.17, 15) is 4.79 Å². The molecule has 0 radical (unpaired) electrons. The van der Waals surface area contributed by atoms with Gasteiger partial charge >= 0.3 is 0 Å². The van der Waals surface area contributed by atoms with Crippen LogP contribution in [0.25, 0.3) is 0 Å². The molecule has 3 heteroatoms. The van der Waals surface area contributed by atoms with Crippen molar-refractivity contribution in [3.8, 4) is 0 Å². The Kier molecular flexibility index (Phi) is 6.61. The third-order valence-electron chi connectivity index (χ3n) is 2.74. The lowest BCUT2D eigenvalue weighted by atomic mass is 10.0. The van der Waals surface area contributed by atoms with E-state index in [-0.39, 0.29) is 5.78 Å². The standard InChI is InChI=1S/C14H18Cl2O/c1-2-3-4-5-6-7-14(17)12-10-11(15)8-9-13(12)16/h8-10H,2-7H2,1H3. The Hall–Kier alpha value is -0.530. The first-order chi connectivity index (χ1) is 8.15. The maximum atomic E-state index is 11.9. The zero-order chi connectivity index (χ0) is 12.7. The molecule has 17 heavy (non-hydrogen) atoms. The number of hydrogen-bond donors (Lipinski definition) is 0. The molecule has 0 heterocycles. The number of Topliss-reactive ketones (excluding diaryl/α,β-unsaturated/α-hetero) is 1. The van der Waals surface area contributed by atoms with Crippen LogP contribution < -0.4 is 0 Å². The molecule has 1 nitrogen and oxygen atoms in total. The van der Waals surface area contributed by atoms with E-state index in [0.717, 1.165) is 12.8 Å². The van der Waals surface area contributed by atoms with Crippen molar-refractivity contribution >= 4 is 29.0 Å². The molecule has 0 aromatic heterocycles. The molecule has 0 fully saturated rings. The lowest BCUT2D eigenvalue weighted by Gasteiger charge is -2.04. The molecule has 1 aromatic carbocycles. The van der Waals surface area contributed by atoms with Crippen molar-refractivity contribution in [2.75, 3.05) is 0 Å². The molecule has 0 atom stereocenters. The molecule has 0 aliphatic carbocycles. The smallest absolute Gasteiger partial charge is 0.164 e. The summed E-state index contributed by atoms with van der Waals surface area (Å²) in [5.74, 6) is 0.0917. The molecule has 0 saturated carbocycles. The van der Waals surface area contributed by atoms with E-state index < -0.39 is 0 Å². The molecule has 1 aromatic rings. The Balaban J connectivity index is 2.44. The predicted octanol–water partition coefficient (Wildman–Crippen LogP) is 5.54. The first-order valence-electron chi connectivity index (χ1n) is 6.13. The van der Waals surface area contributed by atoms with Gasteiger partial charge in [-0.05, 0) is 24.6 Å². The van der Waals surface area contributed by atoms with E-state index in [4.69, 9.17) is 23.2 Å². The van der Waals surface area contributed by atoms with E-state index >= 15 is 0 Å². The van der Waals surface area contributed by atoms with Crippen molar-refractivity contribution in [3.63, 3.8) is 0 Å². The lowest BCUT2D eigenvalue weighted by Crippen LogP contribution is -2.00. The number of hydrogen-bond acceptors (Lipinski definition) is 1. The number of halogens is 2. The second-order valence-electron chi connectivity index (χ2n) is 4.21. The van der Waals surface area contributed by atoms with Crippen LogP contribution in [-0.2, 0) is 0 Å². The van der Waals surface area contributed by atoms with Gasteiger partial charge in [-0.1, -0.05) is 55.8 Å². The van der Waals surface area contributed by atoms with Crippen LogP contribution in [0.4, 0.5) is 0 Å². The zero-order valence-electron chi connectivity index (χ0n) is 10.1. The summed E-state index contributed by atoms with van der Waals surface area (Å²) in [6, 6.07) is 5.02. The van der Waals surface area contributed by atoms with Crippen molar-refractivity contribution in [3.05, 3.63) is 33.8 Å². The fourth-order valence-electron chi connectivity index (χ4n) is 1.73. The molecule has 0 amide bonds. The molecule has 0 aliphatic rings. The van der Waals surface area contributed by atoms with Crippen molar-refractivity contribution < 1.29 is 4.79 Å². The third-order valence-corrected chi connectivity index (χ3v) is 3.30. The second kappa shape index (κ2) is 7.73.